The van der Waals surface area contributed by atoms with Gasteiger partial charge in [0.15, 0.2) is 5.82 Å². The molecule has 1 aromatic heterocycles. The third-order valence-electron chi connectivity index (χ3n) is 2.16. The highest BCUT2D eigenvalue weighted by molar-refractivity contribution is 5.83. The van der Waals surface area contributed by atoms with E-state index in [9.17, 15) is 4.79 Å². The topological polar surface area (TPSA) is 79.4 Å². The number of hydrogen-bond donors (Lipinski definition) is 2. The van der Waals surface area contributed by atoms with Gasteiger partial charge in [0.05, 0.1) is 0 Å². The van der Waals surface area contributed by atoms with Crippen LogP contribution in [0.4, 0.5) is 16.4 Å². The first kappa shape index (κ1) is 16.2. The van der Waals surface area contributed by atoms with E-state index < -0.39 is 11.7 Å². The van der Waals surface area contributed by atoms with E-state index in [1.54, 1.807) is 32.9 Å². The first-order valence-corrected chi connectivity index (χ1v) is 6.48. The third-order valence-corrected chi connectivity index (χ3v) is 2.16. The Balaban J connectivity index is 2.44. The van der Waals surface area contributed by atoms with Crippen molar-refractivity contribution in [2.75, 3.05) is 37.8 Å². The van der Waals surface area contributed by atoms with Gasteiger partial charge in [0.25, 0.3) is 0 Å². The first-order valence-electron chi connectivity index (χ1n) is 6.48. The molecule has 0 bridgehead atoms. The summed E-state index contributed by atoms with van der Waals surface area (Å²) in [6, 6.07) is 3.43. The minimum Gasteiger partial charge on any atom is -0.444 e. The number of nitrogens with one attached hydrogen (secondary N) is 2. The number of anilines is 2. The number of aromatic nitrogens is 2. The van der Waals surface area contributed by atoms with Crippen LogP contribution in [0.2, 0.25) is 0 Å². The quantitative estimate of drug-likeness (QED) is 0.856. The standard InChI is InChI=1S/C13H23N5O2/c1-13(2,3)20-12(19)15-11-7-6-10(16-17-11)14-8-9-18(4)5/h6-7H,8-9H2,1-5H3,(H,14,16)(H,15,17,19). The van der Waals surface area contributed by atoms with Crippen molar-refractivity contribution < 1.29 is 9.53 Å². The molecule has 20 heavy (non-hydrogen) atoms. The van der Waals surface area contributed by atoms with Crippen LogP contribution in [-0.4, -0.2) is 54.0 Å². The maximum atomic E-state index is 11.5. The van der Waals surface area contributed by atoms with Gasteiger partial charge in [-0.05, 0) is 47.0 Å². The molecule has 0 atom stereocenters. The highest BCUT2D eigenvalue weighted by Gasteiger charge is 2.16. The summed E-state index contributed by atoms with van der Waals surface area (Å²) in [5, 5.41) is 13.5. The summed E-state index contributed by atoms with van der Waals surface area (Å²) in [6.07, 6.45) is -0.542. The van der Waals surface area contributed by atoms with E-state index in [2.05, 4.69) is 25.7 Å². The Bertz CT molecular complexity index is 425. The van der Waals surface area contributed by atoms with E-state index in [4.69, 9.17) is 4.74 Å². The minimum atomic E-state index is -0.542. The minimum absolute atomic E-state index is 0.359. The number of hydrogen-bond acceptors (Lipinski definition) is 6. The zero-order valence-electron chi connectivity index (χ0n) is 12.7. The van der Waals surface area contributed by atoms with Gasteiger partial charge in [-0.1, -0.05) is 0 Å². The Kier molecular flexibility index (Phi) is 5.69. The van der Waals surface area contributed by atoms with Gasteiger partial charge < -0.3 is 15.0 Å². The van der Waals surface area contributed by atoms with E-state index in [-0.39, 0.29) is 0 Å². The maximum Gasteiger partial charge on any atom is 0.413 e. The lowest BCUT2D eigenvalue weighted by atomic mass is 10.2. The fourth-order valence-electron chi connectivity index (χ4n) is 1.31. The van der Waals surface area contributed by atoms with Gasteiger partial charge in [0.2, 0.25) is 0 Å². The van der Waals surface area contributed by atoms with Crippen molar-refractivity contribution in [3.05, 3.63) is 12.1 Å². The van der Waals surface area contributed by atoms with Crippen LogP contribution in [0.5, 0.6) is 0 Å². The van der Waals surface area contributed by atoms with Crippen LogP contribution >= 0.6 is 0 Å². The molecule has 0 saturated carbocycles. The number of carbonyl (C=O) groups is 1. The molecule has 0 aliphatic carbocycles. The van der Waals surface area contributed by atoms with Gasteiger partial charge in [0.1, 0.15) is 11.4 Å². The summed E-state index contributed by atoms with van der Waals surface area (Å²) in [5.41, 5.74) is -0.537. The van der Waals surface area contributed by atoms with Crippen molar-refractivity contribution in [1.29, 1.82) is 0 Å². The predicted molar refractivity (Wildman–Crippen MR) is 78.9 cm³/mol. The number of amides is 1. The van der Waals surface area contributed by atoms with Gasteiger partial charge in [-0.3, -0.25) is 5.32 Å². The number of nitrogens with zero attached hydrogens (tertiary/aromatic N) is 3. The lowest BCUT2D eigenvalue weighted by Crippen LogP contribution is -2.27. The Morgan fingerprint density at radius 2 is 1.85 bits per heavy atom. The fraction of sp³-hybridized carbons (Fsp3) is 0.615. The second kappa shape index (κ2) is 7.04. The average molecular weight is 281 g/mol. The molecule has 0 aliphatic rings. The number of rotatable bonds is 5. The van der Waals surface area contributed by atoms with Gasteiger partial charge in [0, 0.05) is 13.1 Å². The molecule has 0 spiro atoms. The van der Waals surface area contributed by atoms with Crippen molar-refractivity contribution in [2.24, 2.45) is 0 Å². The first-order chi connectivity index (χ1) is 9.26. The Morgan fingerprint density at radius 3 is 2.35 bits per heavy atom. The molecule has 1 rings (SSSR count). The van der Waals surface area contributed by atoms with Crippen molar-refractivity contribution in [3.63, 3.8) is 0 Å². The van der Waals surface area contributed by atoms with Crippen LogP contribution < -0.4 is 10.6 Å². The van der Waals surface area contributed by atoms with E-state index in [1.165, 1.54) is 0 Å². The van der Waals surface area contributed by atoms with E-state index in [0.717, 1.165) is 13.1 Å². The predicted octanol–water partition coefficient (Wildman–Crippen LogP) is 1.80. The fourth-order valence-corrected chi connectivity index (χ4v) is 1.31. The van der Waals surface area contributed by atoms with Crippen LogP contribution in [0, 0.1) is 0 Å². The summed E-state index contributed by atoms with van der Waals surface area (Å²) in [4.78, 5) is 13.6. The number of carbonyl (C=O) groups excluding carboxylic acids is 1. The molecule has 2 N–H and O–H groups in total. The van der Waals surface area contributed by atoms with Gasteiger partial charge in [-0.2, -0.15) is 0 Å². The molecule has 7 nitrogen and oxygen atoms in total. The largest absolute Gasteiger partial charge is 0.444 e. The van der Waals surface area contributed by atoms with Crippen LogP contribution in [0.15, 0.2) is 12.1 Å². The second-order valence-electron chi connectivity index (χ2n) is 5.66. The van der Waals surface area contributed by atoms with Crippen LogP contribution in [-0.2, 0) is 4.74 Å². The SMILES string of the molecule is CN(C)CCNc1ccc(NC(=O)OC(C)(C)C)nn1. The van der Waals surface area contributed by atoms with Gasteiger partial charge in [-0.25, -0.2) is 4.79 Å². The molecule has 0 radical (unpaired) electrons. The molecule has 112 valence electrons. The average Bonchev–Trinajstić information content (AvgIpc) is 2.28. The van der Waals surface area contributed by atoms with E-state index in [1.807, 2.05) is 14.1 Å². The summed E-state index contributed by atoms with van der Waals surface area (Å²) in [5.74, 6) is 1.03. The third kappa shape index (κ3) is 6.89. The van der Waals surface area contributed by atoms with Gasteiger partial charge in [-0.15, -0.1) is 10.2 Å². The van der Waals surface area contributed by atoms with Crippen molar-refractivity contribution in [3.8, 4) is 0 Å². The molecule has 0 unspecified atom stereocenters. The molecule has 0 saturated heterocycles. The molecular weight excluding hydrogens is 258 g/mol. The molecule has 1 aromatic rings. The lowest BCUT2D eigenvalue weighted by molar-refractivity contribution is 0.0635. The smallest absolute Gasteiger partial charge is 0.413 e. The summed E-state index contributed by atoms with van der Waals surface area (Å²) < 4.78 is 5.12. The highest BCUT2D eigenvalue weighted by Crippen LogP contribution is 2.10. The Labute approximate surface area is 119 Å². The summed E-state index contributed by atoms with van der Waals surface area (Å²) in [6.45, 7) is 7.09. The lowest BCUT2D eigenvalue weighted by Gasteiger charge is -2.19. The van der Waals surface area contributed by atoms with Crippen LogP contribution in [0.3, 0.4) is 0 Å². The number of ether oxygens (including phenoxy) is 1. The van der Waals surface area contributed by atoms with Crippen LogP contribution in [0.25, 0.3) is 0 Å². The van der Waals surface area contributed by atoms with E-state index in [0.29, 0.717) is 11.6 Å². The van der Waals surface area contributed by atoms with Crippen molar-refractivity contribution >= 4 is 17.7 Å². The van der Waals surface area contributed by atoms with E-state index >= 15 is 0 Å². The van der Waals surface area contributed by atoms with Crippen molar-refractivity contribution in [2.45, 2.75) is 26.4 Å². The summed E-state index contributed by atoms with van der Waals surface area (Å²) in [7, 11) is 4.00. The summed E-state index contributed by atoms with van der Waals surface area (Å²) >= 11 is 0. The second-order valence-corrected chi connectivity index (χ2v) is 5.66. The molecule has 0 aliphatic heterocycles. The zero-order chi connectivity index (χ0) is 15.2. The van der Waals surface area contributed by atoms with Crippen molar-refractivity contribution in [1.82, 2.24) is 15.1 Å². The Morgan fingerprint density at radius 1 is 1.25 bits per heavy atom. The Hall–Kier alpha value is -1.89. The molecule has 7 heteroatoms. The molecule has 1 heterocycles. The van der Waals surface area contributed by atoms with Crippen LogP contribution in [0.1, 0.15) is 20.8 Å². The molecular formula is C13H23N5O2. The molecule has 1 amide bonds. The highest BCUT2D eigenvalue weighted by atomic mass is 16.6. The number of likely N-dealkylation sites (N-methyl/N-ethyl adjacent to an activating group) is 1. The zero-order valence-corrected chi connectivity index (χ0v) is 12.7. The monoisotopic (exact) mass is 281 g/mol. The maximum absolute atomic E-state index is 11.5. The van der Waals surface area contributed by atoms with Gasteiger partial charge >= 0.3 is 6.09 Å². The normalized spacial score (nSPS) is 11.3. The molecule has 0 aromatic carbocycles. The molecule has 0 fully saturated rings.